The number of benzene rings is 3. The average molecular weight is 616 g/mol. The molecule has 1 atom stereocenters. The molecule has 3 aromatic carbocycles. The van der Waals surface area contributed by atoms with E-state index in [4.69, 9.17) is 21.1 Å². The molecule has 0 aliphatic heterocycles. The maximum absolute atomic E-state index is 14.2. The zero-order valence-corrected chi connectivity index (χ0v) is 26.1. The van der Waals surface area contributed by atoms with Gasteiger partial charge in [-0.05, 0) is 81.3 Å². The van der Waals surface area contributed by atoms with E-state index >= 15 is 0 Å². The van der Waals surface area contributed by atoms with Crippen LogP contribution < -0.4 is 19.1 Å². The molecule has 0 spiro atoms. The number of halogens is 1. The summed E-state index contributed by atoms with van der Waals surface area (Å²) in [6, 6.07) is 18.5. The molecule has 0 aliphatic carbocycles. The molecular weight excluding hydrogens is 578 g/mol. The molecule has 0 bridgehead atoms. The first-order valence-electron chi connectivity index (χ1n) is 13.7. The number of nitrogens with one attached hydrogen (secondary N) is 1. The van der Waals surface area contributed by atoms with E-state index in [0.717, 1.165) is 9.87 Å². The van der Waals surface area contributed by atoms with E-state index in [1.807, 2.05) is 20.8 Å². The van der Waals surface area contributed by atoms with Crippen LogP contribution in [0.15, 0.2) is 77.7 Å². The number of rotatable bonds is 14. The Morgan fingerprint density at radius 2 is 1.60 bits per heavy atom. The highest BCUT2D eigenvalue weighted by Crippen LogP contribution is 2.33. The molecule has 9 nitrogen and oxygen atoms in total. The number of ether oxygens (including phenoxy) is 2. The molecule has 3 rings (SSSR count). The van der Waals surface area contributed by atoms with Gasteiger partial charge in [-0.2, -0.15) is 0 Å². The number of para-hydroxylation sites is 2. The van der Waals surface area contributed by atoms with E-state index in [-0.39, 0.29) is 35.7 Å². The molecule has 11 heteroatoms. The number of methoxy groups -OCH3 is 1. The van der Waals surface area contributed by atoms with Crippen molar-refractivity contribution in [2.75, 3.05) is 24.6 Å². The quantitative estimate of drug-likeness (QED) is 0.265. The van der Waals surface area contributed by atoms with Gasteiger partial charge in [-0.1, -0.05) is 42.8 Å². The van der Waals surface area contributed by atoms with Gasteiger partial charge in [0.1, 0.15) is 24.1 Å². The Morgan fingerprint density at radius 1 is 0.952 bits per heavy atom. The van der Waals surface area contributed by atoms with Gasteiger partial charge in [0.05, 0.1) is 24.3 Å². The fourth-order valence-electron chi connectivity index (χ4n) is 4.42. The maximum Gasteiger partial charge on any atom is 0.264 e. The van der Waals surface area contributed by atoms with E-state index in [9.17, 15) is 18.0 Å². The van der Waals surface area contributed by atoms with Gasteiger partial charge in [0.15, 0.2) is 0 Å². The molecule has 0 unspecified atom stereocenters. The van der Waals surface area contributed by atoms with Crippen molar-refractivity contribution < 1.29 is 27.5 Å². The van der Waals surface area contributed by atoms with Gasteiger partial charge >= 0.3 is 0 Å². The monoisotopic (exact) mass is 615 g/mol. The minimum absolute atomic E-state index is 0.0442. The number of hydrogen-bond acceptors (Lipinski definition) is 6. The number of nitrogens with zero attached hydrogens (tertiary/aromatic N) is 2. The Bertz CT molecular complexity index is 1450. The van der Waals surface area contributed by atoms with Crippen LogP contribution in [-0.2, 0) is 26.2 Å². The normalized spacial score (nSPS) is 12.0. The summed E-state index contributed by atoms with van der Waals surface area (Å²) in [5.41, 5.74) is 0.952. The molecule has 226 valence electrons. The Hall–Kier alpha value is -3.76. The molecule has 42 heavy (non-hydrogen) atoms. The lowest BCUT2D eigenvalue weighted by molar-refractivity contribution is -0.140. The molecular formula is C31H38ClN3O6S. The van der Waals surface area contributed by atoms with Gasteiger partial charge in [0.25, 0.3) is 10.0 Å². The van der Waals surface area contributed by atoms with E-state index in [1.165, 1.54) is 29.2 Å². The largest absolute Gasteiger partial charge is 0.497 e. The van der Waals surface area contributed by atoms with E-state index in [1.54, 1.807) is 62.6 Å². The minimum Gasteiger partial charge on any atom is -0.497 e. The maximum atomic E-state index is 14.2. The summed E-state index contributed by atoms with van der Waals surface area (Å²) in [5.74, 6) is 0.0715. The van der Waals surface area contributed by atoms with E-state index < -0.39 is 28.5 Å². The Labute approximate surface area is 253 Å². The molecule has 0 aliphatic rings. The third-order valence-corrected chi connectivity index (χ3v) is 8.47. The first-order valence-corrected chi connectivity index (χ1v) is 15.6. The lowest BCUT2D eigenvalue weighted by atomic mass is 10.1. The number of sulfonamides is 1. The van der Waals surface area contributed by atoms with Crippen LogP contribution >= 0.6 is 11.6 Å². The van der Waals surface area contributed by atoms with Crippen molar-refractivity contribution >= 4 is 39.1 Å². The molecule has 3 aromatic rings. The summed E-state index contributed by atoms with van der Waals surface area (Å²) in [7, 11) is -2.70. The SMILES string of the molecule is CCOc1ccccc1N(CC(=O)N(Cc1ccc(OC)cc1)[C@H](CC)C(=O)NC(C)C)S(=O)(=O)c1ccc(Cl)cc1. The van der Waals surface area contributed by atoms with Crippen molar-refractivity contribution in [3.63, 3.8) is 0 Å². The summed E-state index contributed by atoms with van der Waals surface area (Å²) in [5, 5.41) is 3.26. The summed E-state index contributed by atoms with van der Waals surface area (Å²) in [4.78, 5) is 28.9. The van der Waals surface area contributed by atoms with Crippen LogP contribution in [0.3, 0.4) is 0 Å². The van der Waals surface area contributed by atoms with Gasteiger partial charge in [-0.25, -0.2) is 8.42 Å². The van der Waals surface area contributed by atoms with Crippen molar-refractivity contribution in [2.24, 2.45) is 0 Å². The Balaban J connectivity index is 2.11. The standard InChI is InChI=1S/C31H38ClN3O6S/c1-6-27(31(37)33-22(3)4)34(20-23-12-16-25(40-5)17-13-23)30(36)21-35(28-10-8-9-11-29(28)41-7-2)42(38,39)26-18-14-24(32)15-19-26/h8-19,22,27H,6-7,20-21H2,1-5H3,(H,33,37)/t27-/m1/s1. The molecule has 0 aromatic heterocycles. The van der Waals surface area contributed by atoms with Crippen LogP contribution in [0.4, 0.5) is 5.69 Å². The topological polar surface area (TPSA) is 105 Å². The fourth-order valence-corrected chi connectivity index (χ4v) is 5.97. The first-order chi connectivity index (χ1) is 20.0. The number of carbonyl (C=O) groups excluding carboxylic acids is 2. The molecule has 0 saturated carbocycles. The van der Waals surface area contributed by atoms with Crippen LogP contribution in [0.2, 0.25) is 5.02 Å². The summed E-state index contributed by atoms with van der Waals surface area (Å²) in [6.45, 7) is 7.07. The van der Waals surface area contributed by atoms with E-state index in [0.29, 0.717) is 22.9 Å². The van der Waals surface area contributed by atoms with Crippen molar-refractivity contribution in [1.82, 2.24) is 10.2 Å². The Kier molecular flexibility index (Phi) is 11.6. The van der Waals surface area contributed by atoms with Crippen LogP contribution in [0.1, 0.15) is 39.7 Å². The summed E-state index contributed by atoms with van der Waals surface area (Å²) < 4.78 is 40.2. The fraction of sp³-hybridized carbons (Fsp3) is 0.355. The molecule has 0 radical (unpaired) electrons. The molecule has 0 fully saturated rings. The number of amides is 2. The van der Waals surface area contributed by atoms with Gasteiger partial charge < -0.3 is 19.7 Å². The summed E-state index contributed by atoms with van der Waals surface area (Å²) >= 11 is 6.03. The van der Waals surface area contributed by atoms with Gasteiger partial charge in [0, 0.05) is 17.6 Å². The van der Waals surface area contributed by atoms with Crippen molar-refractivity contribution in [1.29, 1.82) is 0 Å². The van der Waals surface area contributed by atoms with Gasteiger partial charge in [-0.3, -0.25) is 13.9 Å². The van der Waals surface area contributed by atoms with Gasteiger partial charge in [-0.15, -0.1) is 0 Å². The third-order valence-electron chi connectivity index (χ3n) is 6.44. The molecule has 0 saturated heterocycles. The van der Waals surface area contributed by atoms with Crippen molar-refractivity contribution in [2.45, 2.75) is 57.6 Å². The van der Waals surface area contributed by atoms with Gasteiger partial charge in [0.2, 0.25) is 11.8 Å². The lowest BCUT2D eigenvalue weighted by Crippen LogP contribution is -2.53. The smallest absolute Gasteiger partial charge is 0.264 e. The highest BCUT2D eigenvalue weighted by atomic mass is 35.5. The second-order valence-electron chi connectivity index (χ2n) is 9.82. The average Bonchev–Trinajstić information content (AvgIpc) is 2.96. The second kappa shape index (κ2) is 14.9. The minimum atomic E-state index is -4.26. The third kappa shape index (κ3) is 8.17. The highest BCUT2D eigenvalue weighted by Gasteiger charge is 2.35. The number of carbonyl (C=O) groups is 2. The van der Waals surface area contributed by atoms with Crippen LogP contribution in [-0.4, -0.2) is 57.5 Å². The second-order valence-corrected chi connectivity index (χ2v) is 12.1. The zero-order valence-electron chi connectivity index (χ0n) is 24.5. The molecule has 2 amide bonds. The van der Waals surface area contributed by atoms with Crippen LogP contribution in [0, 0.1) is 0 Å². The predicted molar refractivity (Wildman–Crippen MR) is 164 cm³/mol. The Morgan fingerprint density at radius 3 is 2.17 bits per heavy atom. The van der Waals surface area contributed by atoms with E-state index in [2.05, 4.69) is 5.32 Å². The highest BCUT2D eigenvalue weighted by molar-refractivity contribution is 7.92. The van der Waals surface area contributed by atoms with Crippen LogP contribution in [0.5, 0.6) is 11.5 Å². The van der Waals surface area contributed by atoms with Crippen LogP contribution in [0.25, 0.3) is 0 Å². The zero-order chi connectivity index (χ0) is 30.9. The number of hydrogen-bond donors (Lipinski definition) is 1. The molecule has 1 N–H and O–H groups in total. The lowest BCUT2D eigenvalue weighted by Gasteiger charge is -2.34. The van der Waals surface area contributed by atoms with Crippen molar-refractivity contribution in [3.8, 4) is 11.5 Å². The molecule has 0 heterocycles. The van der Waals surface area contributed by atoms with Crippen molar-refractivity contribution in [3.05, 3.63) is 83.4 Å². The number of anilines is 1. The predicted octanol–water partition coefficient (Wildman–Crippen LogP) is 5.27. The first kappa shape index (κ1) is 32.8. The summed E-state index contributed by atoms with van der Waals surface area (Å²) in [6.07, 6.45) is 0.319.